The normalized spacial score (nSPS) is 24.7. The van der Waals surface area contributed by atoms with Crippen LogP contribution in [-0.2, 0) is 0 Å². The fraction of sp³-hybridized carbons (Fsp3) is 0.714. The topological polar surface area (TPSA) is 72.4 Å². The third-order valence-corrected chi connectivity index (χ3v) is 5.87. The smallest absolute Gasteiger partial charge is 0.177 e. The maximum atomic E-state index is 9.94. The van der Waals surface area contributed by atoms with E-state index in [1.54, 1.807) is 11.8 Å². The number of rotatable bonds is 5. The van der Waals surface area contributed by atoms with Crippen molar-refractivity contribution in [2.75, 3.05) is 27.2 Å². The molecule has 5 nitrogen and oxygen atoms in total. The highest BCUT2D eigenvalue weighted by molar-refractivity contribution is 8.01. The van der Waals surface area contributed by atoms with E-state index < -0.39 is 0 Å². The van der Waals surface area contributed by atoms with E-state index in [0.717, 1.165) is 30.1 Å². The molecular weight excluding hydrogens is 338 g/mol. The van der Waals surface area contributed by atoms with Gasteiger partial charge in [0.15, 0.2) is 8.29 Å². The Labute approximate surface area is 145 Å². The lowest BCUT2D eigenvalue weighted by Gasteiger charge is -2.30. The van der Waals surface area contributed by atoms with E-state index in [9.17, 15) is 5.11 Å². The lowest BCUT2D eigenvalue weighted by atomic mass is 9.87. The lowest BCUT2D eigenvalue weighted by molar-refractivity contribution is 0.125. The van der Waals surface area contributed by atoms with Gasteiger partial charge in [-0.3, -0.25) is 5.10 Å². The predicted octanol–water partition coefficient (Wildman–Crippen LogP) is 2.55. The van der Waals surface area contributed by atoms with Crippen LogP contribution in [0, 0.1) is 9.87 Å². The Balaban J connectivity index is 0.000000346. The zero-order valence-electron chi connectivity index (χ0n) is 13.1. The van der Waals surface area contributed by atoms with E-state index in [1.807, 2.05) is 25.1 Å². The average molecular weight is 364 g/mol. The molecule has 0 amide bonds. The zero-order chi connectivity index (χ0) is 16.5. The number of thioether (sulfide) groups is 1. The van der Waals surface area contributed by atoms with Gasteiger partial charge in [0.1, 0.15) is 0 Å². The summed E-state index contributed by atoms with van der Waals surface area (Å²) < 4.78 is 1.60. The van der Waals surface area contributed by atoms with Crippen LogP contribution in [0.2, 0.25) is 0 Å². The number of aliphatic hydroxyl groups excluding tert-OH is 2. The van der Waals surface area contributed by atoms with Gasteiger partial charge in [0.05, 0.1) is 12.7 Å². The van der Waals surface area contributed by atoms with Gasteiger partial charge in [-0.05, 0) is 51.5 Å². The molecule has 2 rings (SSSR count). The molecule has 1 aliphatic carbocycles. The molecule has 8 heteroatoms. The Morgan fingerprint density at radius 1 is 1.55 bits per heavy atom. The number of allylic oxidation sites excluding steroid dienone is 1. The van der Waals surface area contributed by atoms with E-state index in [0.29, 0.717) is 9.87 Å². The minimum atomic E-state index is -0.237. The van der Waals surface area contributed by atoms with E-state index in [2.05, 4.69) is 16.8 Å². The van der Waals surface area contributed by atoms with Crippen molar-refractivity contribution in [2.45, 2.75) is 35.0 Å². The molecule has 126 valence electrons. The van der Waals surface area contributed by atoms with Crippen molar-refractivity contribution in [1.29, 1.82) is 0 Å². The third kappa shape index (κ3) is 7.34. The number of H-pyrrole nitrogens is 1. The van der Waals surface area contributed by atoms with E-state index in [1.165, 1.54) is 11.3 Å². The maximum Gasteiger partial charge on any atom is 0.177 e. The monoisotopic (exact) mass is 363 g/mol. The van der Waals surface area contributed by atoms with Crippen LogP contribution < -0.4 is 0 Å². The highest BCUT2D eigenvalue weighted by Gasteiger charge is 2.29. The minimum Gasteiger partial charge on any atom is -0.395 e. The first-order chi connectivity index (χ1) is 10.5. The van der Waals surface area contributed by atoms with Crippen molar-refractivity contribution in [1.82, 2.24) is 15.1 Å². The van der Waals surface area contributed by atoms with Gasteiger partial charge >= 0.3 is 0 Å². The van der Waals surface area contributed by atoms with Gasteiger partial charge in [-0.1, -0.05) is 29.2 Å². The lowest BCUT2D eigenvalue weighted by Crippen LogP contribution is -2.30. The van der Waals surface area contributed by atoms with Gasteiger partial charge in [0.2, 0.25) is 0 Å². The molecule has 3 N–H and O–H groups in total. The van der Waals surface area contributed by atoms with Gasteiger partial charge in [-0.15, -0.1) is 6.58 Å². The second-order valence-electron chi connectivity index (χ2n) is 5.44. The van der Waals surface area contributed by atoms with E-state index >= 15 is 0 Å². The number of nitrogens with zero attached hydrogens (tertiary/aromatic N) is 2. The summed E-state index contributed by atoms with van der Waals surface area (Å²) >= 11 is 8.08. The first kappa shape index (κ1) is 19.8. The third-order valence-electron chi connectivity index (χ3n) is 3.35. The molecule has 1 aliphatic rings. The molecule has 0 radical (unpaired) electrons. The molecule has 0 saturated heterocycles. The summed E-state index contributed by atoms with van der Waals surface area (Å²) in [4.78, 5) is 1.93. The van der Waals surface area contributed by atoms with Crippen molar-refractivity contribution < 1.29 is 10.2 Å². The van der Waals surface area contributed by atoms with Crippen LogP contribution in [0.1, 0.15) is 19.3 Å². The summed E-state index contributed by atoms with van der Waals surface area (Å²) in [5.74, 6) is 0.521. The van der Waals surface area contributed by atoms with Gasteiger partial charge in [-0.2, -0.15) is 5.10 Å². The Morgan fingerprint density at radius 3 is 2.73 bits per heavy atom. The van der Waals surface area contributed by atoms with Crippen LogP contribution in [0.4, 0.5) is 0 Å². The molecule has 1 aromatic heterocycles. The fourth-order valence-corrected chi connectivity index (χ4v) is 4.67. The Bertz CT molecular complexity index is 490. The molecule has 1 saturated carbocycles. The molecule has 0 aliphatic heterocycles. The highest BCUT2D eigenvalue weighted by Crippen LogP contribution is 2.37. The summed E-state index contributed by atoms with van der Waals surface area (Å²) in [5, 5.41) is 25.2. The number of aromatic amines is 1. The summed E-state index contributed by atoms with van der Waals surface area (Å²) in [6, 6.07) is 0. The number of hydrogen-bond acceptors (Lipinski definition) is 7. The summed E-state index contributed by atoms with van der Waals surface area (Å²) in [6.45, 7) is 4.85. The standard InChI is InChI=1S/C10H14N2OS3.C4H11NO/c1-2-6-3-4-7(13)8(5-6)15-10-12-11-9(14)16-10;1-5(2)3-4-6/h2,6-8,13H,1,3-5H2,(H,11,14);6H,3-4H2,1-2H3. The molecule has 0 aromatic carbocycles. The molecule has 1 fully saturated rings. The van der Waals surface area contributed by atoms with Crippen LogP contribution in [-0.4, -0.2) is 63.9 Å². The number of nitrogens with one attached hydrogen (secondary N) is 1. The van der Waals surface area contributed by atoms with E-state index in [4.69, 9.17) is 17.3 Å². The highest BCUT2D eigenvalue weighted by atomic mass is 32.2. The van der Waals surface area contributed by atoms with Crippen molar-refractivity contribution in [2.24, 2.45) is 5.92 Å². The first-order valence-electron chi connectivity index (χ1n) is 7.24. The SMILES string of the molecule is C=CC1CCC(O)C(Sc2n[nH]c(=S)s2)C1.CN(C)CCO. The summed E-state index contributed by atoms with van der Waals surface area (Å²) in [7, 11) is 3.85. The molecule has 22 heavy (non-hydrogen) atoms. The minimum absolute atomic E-state index is 0.214. The van der Waals surface area contributed by atoms with E-state index in [-0.39, 0.29) is 18.0 Å². The molecular formula is C14H25N3O2S3. The number of hydrogen-bond donors (Lipinski definition) is 3. The summed E-state index contributed by atoms with van der Waals surface area (Å²) in [6.07, 6.45) is 4.62. The second-order valence-corrected chi connectivity index (χ2v) is 8.59. The average Bonchev–Trinajstić information content (AvgIpc) is 2.87. The number of aromatic nitrogens is 2. The molecule has 3 atom stereocenters. The predicted molar refractivity (Wildman–Crippen MR) is 96.1 cm³/mol. The number of aliphatic hydroxyl groups is 2. The van der Waals surface area contributed by atoms with Gasteiger partial charge in [-0.25, -0.2) is 0 Å². The van der Waals surface area contributed by atoms with Crippen molar-refractivity contribution >= 4 is 35.3 Å². The second kappa shape index (κ2) is 10.5. The van der Waals surface area contributed by atoms with Crippen molar-refractivity contribution in [3.63, 3.8) is 0 Å². The maximum absolute atomic E-state index is 9.94. The molecule has 0 spiro atoms. The van der Waals surface area contributed by atoms with Crippen LogP contribution >= 0.6 is 35.3 Å². The van der Waals surface area contributed by atoms with Crippen LogP contribution in [0.25, 0.3) is 0 Å². The van der Waals surface area contributed by atoms with Crippen molar-refractivity contribution in [3.05, 3.63) is 16.6 Å². The Morgan fingerprint density at radius 2 is 2.27 bits per heavy atom. The molecule has 3 unspecified atom stereocenters. The van der Waals surface area contributed by atoms with Gasteiger partial charge in [0.25, 0.3) is 0 Å². The molecule has 1 heterocycles. The van der Waals surface area contributed by atoms with Crippen LogP contribution in [0.15, 0.2) is 17.0 Å². The first-order valence-corrected chi connectivity index (χ1v) is 9.35. The molecule has 0 bridgehead atoms. The number of likely N-dealkylation sites (N-methyl/N-ethyl adjacent to an activating group) is 1. The van der Waals surface area contributed by atoms with Crippen LogP contribution in [0.5, 0.6) is 0 Å². The van der Waals surface area contributed by atoms with Gasteiger partial charge < -0.3 is 15.1 Å². The van der Waals surface area contributed by atoms with Crippen LogP contribution in [0.3, 0.4) is 0 Å². The summed E-state index contributed by atoms with van der Waals surface area (Å²) in [5.41, 5.74) is 0. The Hall–Kier alpha value is -0.250. The largest absolute Gasteiger partial charge is 0.395 e. The van der Waals surface area contributed by atoms with Crippen molar-refractivity contribution in [3.8, 4) is 0 Å². The quantitative estimate of drug-likeness (QED) is 0.552. The van der Waals surface area contributed by atoms with Gasteiger partial charge in [0, 0.05) is 11.8 Å². The molecule has 1 aromatic rings. The fourth-order valence-electron chi connectivity index (χ4n) is 2.08. The Kier molecular flexibility index (Phi) is 9.46. The zero-order valence-corrected chi connectivity index (χ0v) is 15.5.